The zero-order chi connectivity index (χ0) is 9.54. The third-order valence-electron chi connectivity index (χ3n) is 3.49. The Hall–Kier alpha value is -0.960. The first-order valence-corrected chi connectivity index (χ1v) is 5.38. The van der Waals surface area contributed by atoms with Crippen molar-refractivity contribution in [2.45, 2.75) is 25.7 Å². The highest BCUT2D eigenvalue weighted by Crippen LogP contribution is 2.36. The molecular weight excluding hydrogens is 174 g/mol. The van der Waals surface area contributed by atoms with Gasteiger partial charge in [-0.3, -0.25) is 0 Å². The van der Waals surface area contributed by atoms with E-state index >= 15 is 0 Å². The summed E-state index contributed by atoms with van der Waals surface area (Å²) in [6, 6.07) is 0. The van der Waals surface area contributed by atoms with E-state index in [-0.39, 0.29) is 0 Å². The normalized spacial score (nSPS) is 29.8. The van der Waals surface area contributed by atoms with Crippen LogP contribution in [0.15, 0.2) is 6.20 Å². The molecule has 0 spiro atoms. The summed E-state index contributed by atoms with van der Waals surface area (Å²) in [6.45, 7) is 4.26. The molecule has 2 atom stereocenters. The molecule has 3 nitrogen and oxygen atoms in total. The first kappa shape index (κ1) is 8.36. The SMILES string of the molecule is Cc1ncc2c(n1)[C@@H]1CNC[C@@H]1CC2. The second-order valence-corrected chi connectivity index (χ2v) is 4.39. The topological polar surface area (TPSA) is 37.8 Å². The highest BCUT2D eigenvalue weighted by Gasteiger charge is 2.34. The molecule has 0 bridgehead atoms. The number of nitrogens with zero attached hydrogens (tertiary/aromatic N) is 2. The minimum absolute atomic E-state index is 0.653. The predicted molar refractivity (Wildman–Crippen MR) is 54.2 cm³/mol. The predicted octanol–water partition coefficient (Wildman–Crippen LogP) is 1.03. The van der Waals surface area contributed by atoms with Gasteiger partial charge in [0.05, 0.1) is 5.69 Å². The average Bonchev–Trinajstić information content (AvgIpc) is 2.65. The number of aryl methyl sites for hydroxylation is 2. The van der Waals surface area contributed by atoms with Crippen LogP contribution >= 0.6 is 0 Å². The summed E-state index contributed by atoms with van der Waals surface area (Å²) in [4.78, 5) is 8.88. The van der Waals surface area contributed by atoms with Gasteiger partial charge in [-0.15, -0.1) is 0 Å². The van der Waals surface area contributed by atoms with E-state index in [0.717, 1.165) is 18.3 Å². The molecule has 1 aliphatic carbocycles. The number of nitrogens with one attached hydrogen (secondary N) is 1. The summed E-state index contributed by atoms with van der Waals surface area (Å²) in [7, 11) is 0. The van der Waals surface area contributed by atoms with Crippen LogP contribution in [0.2, 0.25) is 0 Å². The van der Waals surface area contributed by atoms with Crippen LogP contribution in [0, 0.1) is 12.8 Å². The van der Waals surface area contributed by atoms with E-state index in [2.05, 4.69) is 15.3 Å². The summed E-state index contributed by atoms with van der Waals surface area (Å²) in [6.07, 6.45) is 4.49. The Morgan fingerprint density at radius 1 is 1.43 bits per heavy atom. The molecule has 1 N–H and O–H groups in total. The maximum atomic E-state index is 4.61. The van der Waals surface area contributed by atoms with Crippen molar-refractivity contribution in [3.05, 3.63) is 23.3 Å². The van der Waals surface area contributed by atoms with Gasteiger partial charge in [0.15, 0.2) is 0 Å². The van der Waals surface area contributed by atoms with E-state index in [4.69, 9.17) is 0 Å². The molecule has 1 saturated heterocycles. The van der Waals surface area contributed by atoms with Gasteiger partial charge < -0.3 is 5.32 Å². The van der Waals surface area contributed by atoms with Crippen molar-refractivity contribution in [3.8, 4) is 0 Å². The van der Waals surface area contributed by atoms with Gasteiger partial charge in [0, 0.05) is 18.7 Å². The Balaban J connectivity index is 2.07. The first-order chi connectivity index (χ1) is 6.84. The van der Waals surface area contributed by atoms with Crippen LogP contribution in [0.25, 0.3) is 0 Å². The van der Waals surface area contributed by atoms with E-state index < -0.39 is 0 Å². The quantitative estimate of drug-likeness (QED) is 0.662. The maximum absolute atomic E-state index is 4.61. The summed E-state index contributed by atoms with van der Waals surface area (Å²) >= 11 is 0. The summed E-state index contributed by atoms with van der Waals surface area (Å²) in [5.41, 5.74) is 2.69. The van der Waals surface area contributed by atoms with Crippen molar-refractivity contribution in [3.63, 3.8) is 0 Å². The lowest BCUT2D eigenvalue weighted by molar-refractivity contribution is 0.439. The fourth-order valence-electron chi connectivity index (χ4n) is 2.72. The zero-order valence-corrected chi connectivity index (χ0v) is 8.45. The number of hydrogen-bond acceptors (Lipinski definition) is 3. The van der Waals surface area contributed by atoms with E-state index in [1.54, 1.807) is 0 Å². The Morgan fingerprint density at radius 3 is 3.29 bits per heavy atom. The second-order valence-electron chi connectivity index (χ2n) is 4.39. The molecule has 0 radical (unpaired) electrons. The molecule has 3 heteroatoms. The van der Waals surface area contributed by atoms with Gasteiger partial charge >= 0.3 is 0 Å². The first-order valence-electron chi connectivity index (χ1n) is 5.38. The smallest absolute Gasteiger partial charge is 0.125 e. The van der Waals surface area contributed by atoms with E-state index in [1.165, 1.54) is 30.6 Å². The zero-order valence-electron chi connectivity index (χ0n) is 8.45. The van der Waals surface area contributed by atoms with Crippen LogP contribution in [0.4, 0.5) is 0 Å². The van der Waals surface area contributed by atoms with Gasteiger partial charge in [0.1, 0.15) is 5.82 Å². The highest BCUT2D eigenvalue weighted by molar-refractivity contribution is 5.27. The molecule has 14 heavy (non-hydrogen) atoms. The summed E-state index contributed by atoms with van der Waals surface area (Å²) in [5, 5.41) is 3.46. The van der Waals surface area contributed by atoms with Gasteiger partial charge in [0.2, 0.25) is 0 Å². The van der Waals surface area contributed by atoms with Crippen LogP contribution in [-0.2, 0) is 6.42 Å². The van der Waals surface area contributed by atoms with E-state index in [9.17, 15) is 0 Å². The van der Waals surface area contributed by atoms with Crippen molar-refractivity contribution >= 4 is 0 Å². The molecule has 0 unspecified atom stereocenters. The molecule has 0 aromatic carbocycles. The van der Waals surface area contributed by atoms with Crippen LogP contribution in [0.3, 0.4) is 0 Å². The van der Waals surface area contributed by atoms with Crippen LogP contribution in [0.5, 0.6) is 0 Å². The minimum atomic E-state index is 0.653. The lowest BCUT2D eigenvalue weighted by atomic mass is 9.80. The van der Waals surface area contributed by atoms with Crippen molar-refractivity contribution < 1.29 is 0 Å². The van der Waals surface area contributed by atoms with E-state index in [1.807, 2.05) is 13.1 Å². The number of aromatic nitrogens is 2. The van der Waals surface area contributed by atoms with Gasteiger partial charge in [-0.25, -0.2) is 9.97 Å². The lowest BCUT2D eigenvalue weighted by Crippen LogP contribution is -2.21. The fraction of sp³-hybridized carbons (Fsp3) is 0.636. The Morgan fingerprint density at radius 2 is 2.36 bits per heavy atom. The average molecular weight is 189 g/mol. The van der Waals surface area contributed by atoms with Crippen LogP contribution < -0.4 is 5.32 Å². The Labute approximate surface area is 84.0 Å². The largest absolute Gasteiger partial charge is 0.316 e. The van der Waals surface area contributed by atoms with E-state index in [0.29, 0.717) is 5.92 Å². The Bertz CT molecular complexity index is 362. The van der Waals surface area contributed by atoms with Gasteiger partial charge in [-0.1, -0.05) is 0 Å². The van der Waals surface area contributed by atoms with Crippen molar-refractivity contribution in [1.82, 2.24) is 15.3 Å². The number of fused-ring (bicyclic) bond motifs is 3. The molecular formula is C11H15N3. The van der Waals surface area contributed by atoms with Crippen molar-refractivity contribution in [1.29, 1.82) is 0 Å². The lowest BCUT2D eigenvalue weighted by Gasteiger charge is -2.25. The van der Waals surface area contributed by atoms with Gasteiger partial charge in [0.25, 0.3) is 0 Å². The monoisotopic (exact) mass is 189 g/mol. The molecule has 2 aliphatic rings. The molecule has 1 aliphatic heterocycles. The fourth-order valence-corrected chi connectivity index (χ4v) is 2.72. The molecule has 2 heterocycles. The molecule has 3 rings (SSSR count). The third kappa shape index (κ3) is 1.16. The molecule has 1 fully saturated rings. The molecule has 0 saturated carbocycles. The van der Waals surface area contributed by atoms with Gasteiger partial charge in [-0.2, -0.15) is 0 Å². The standard InChI is InChI=1S/C11H15N3/c1-7-13-5-9-3-2-8-4-12-6-10(8)11(9)14-7/h5,8,10,12H,2-4,6H2,1H3/t8-,10+/m0/s1. The Kier molecular flexibility index (Phi) is 1.80. The summed E-state index contributed by atoms with van der Waals surface area (Å²) in [5.74, 6) is 2.38. The van der Waals surface area contributed by atoms with Crippen LogP contribution in [-0.4, -0.2) is 23.1 Å². The van der Waals surface area contributed by atoms with Crippen LogP contribution in [0.1, 0.15) is 29.4 Å². The number of rotatable bonds is 0. The highest BCUT2D eigenvalue weighted by atomic mass is 15.0. The van der Waals surface area contributed by atoms with Crippen molar-refractivity contribution in [2.75, 3.05) is 13.1 Å². The second kappa shape index (κ2) is 3.02. The molecule has 1 aromatic rings. The third-order valence-corrected chi connectivity index (χ3v) is 3.49. The van der Waals surface area contributed by atoms with Crippen molar-refractivity contribution in [2.24, 2.45) is 5.92 Å². The van der Waals surface area contributed by atoms with Gasteiger partial charge in [-0.05, 0) is 37.8 Å². The minimum Gasteiger partial charge on any atom is -0.316 e. The molecule has 1 aromatic heterocycles. The maximum Gasteiger partial charge on any atom is 0.125 e. The molecule has 0 amide bonds. The number of hydrogen-bond donors (Lipinski definition) is 1. The molecule has 74 valence electrons. The summed E-state index contributed by atoms with van der Waals surface area (Å²) < 4.78 is 0.